The summed E-state index contributed by atoms with van der Waals surface area (Å²) in [7, 11) is 3.41. The Balaban J connectivity index is 1.20. The molecule has 0 aliphatic carbocycles. The van der Waals surface area contributed by atoms with Gasteiger partial charge in [0.1, 0.15) is 11.6 Å². The van der Waals surface area contributed by atoms with Crippen molar-refractivity contribution in [3.8, 4) is 16.9 Å². The van der Waals surface area contributed by atoms with Gasteiger partial charge >= 0.3 is 0 Å². The number of amides is 1. The van der Waals surface area contributed by atoms with Gasteiger partial charge in [0.25, 0.3) is 0 Å². The molecule has 0 radical (unpaired) electrons. The number of methoxy groups -OCH3 is 2. The first-order chi connectivity index (χ1) is 19.6. The minimum absolute atomic E-state index is 0.132. The van der Waals surface area contributed by atoms with Crippen molar-refractivity contribution in [3.63, 3.8) is 0 Å². The topological polar surface area (TPSA) is 82.6 Å². The molecule has 2 atom stereocenters. The average molecular weight is 541 g/mol. The van der Waals surface area contributed by atoms with Gasteiger partial charge in [0.2, 0.25) is 5.91 Å². The van der Waals surface area contributed by atoms with Gasteiger partial charge in [0.15, 0.2) is 0 Å². The molecule has 1 amide bonds. The summed E-state index contributed by atoms with van der Waals surface area (Å²) < 4.78 is 13.0. The molecular weight excluding hydrogens is 500 g/mol. The maximum absolute atomic E-state index is 13.3. The van der Waals surface area contributed by atoms with Crippen LogP contribution in [0.2, 0.25) is 0 Å². The predicted molar refractivity (Wildman–Crippen MR) is 160 cm³/mol. The minimum Gasteiger partial charge on any atom is -0.497 e. The Morgan fingerprint density at radius 2 is 1.88 bits per heavy atom. The largest absolute Gasteiger partial charge is 0.497 e. The molecule has 1 aliphatic heterocycles. The second-order valence-electron chi connectivity index (χ2n) is 10.7. The van der Waals surface area contributed by atoms with E-state index in [2.05, 4.69) is 53.1 Å². The second-order valence-corrected chi connectivity index (χ2v) is 10.7. The Bertz CT molecular complexity index is 1420. The minimum atomic E-state index is -0.228. The van der Waals surface area contributed by atoms with Crippen LogP contribution in [0.4, 0.5) is 0 Å². The lowest BCUT2D eigenvalue weighted by molar-refractivity contribution is -0.132. The lowest BCUT2D eigenvalue weighted by atomic mass is 9.95. The SMILES string of the molecule is COCCCn1c([C@@H]2CCCN(C(=O)C[C@H](N)Cc3ccc(-c4cccc(OC)c4)cc3)C2)nc2ccccc21. The highest BCUT2D eigenvalue weighted by molar-refractivity contribution is 5.78. The lowest BCUT2D eigenvalue weighted by Gasteiger charge is -2.33. The Labute approximate surface area is 236 Å². The number of benzene rings is 3. The number of para-hydroxylation sites is 2. The number of carbonyl (C=O) groups is 1. The summed E-state index contributed by atoms with van der Waals surface area (Å²) >= 11 is 0. The summed E-state index contributed by atoms with van der Waals surface area (Å²) in [5.74, 6) is 2.26. The Morgan fingerprint density at radius 1 is 1.05 bits per heavy atom. The normalized spacial score (nSPS) is 16.3. The molecule has 40 heavy (non-hydrogen) atoms. The number of likely N-dealkylation sites (tertiary alicyclic amines) is 1. The fraction of sp³-hybridized carbons (Fsp3) is 0.394. The second kappa shape index (κ2) is 13.1. The smallest absolute Gasteiger partial charge is 0.224 e. The lowest BCUT2D eigenvalue weighted by Crippen LogP contribution is -2.42. The molecule has 210 valence electrons. The van der Waals surface area contributed by atoms with E-state index in [0.29, 0.717) is 26.0 Å². The van der Waals surface area contributed by atoms with Crippen molar-refractivity contribution in [2.24, 2.45) is 5.73 Å². The van der Waals surface area contributed by atoms with E-state index in [0.717, 1.165) is 71.6 Å². The molecular formula is C33H40N4O3. The molecule has 2 heterocycles. The number of hydrogen-bond acceptors (Lipinski definition) is 5. The summed E-state index contributed by atoms with van der Waals surface area (Å²) in [5, 5.41) is 0. The highest BCUT2D eigenvalue weighted by atomic mass is 16.5. The quantitative estimate of drug-likeness (QED) is 0.257. The first-order valence-corrected chi connectivity index (χ1v) is 14.3. The van der Waals surface area contributed by atoms with E-state index >= 15 is 0 Å². The Kier molecular flexibility index (Phi) is 9.14. The maximum Gasteiger partial charge on any atom is 0.224 e. The van der Waals surface area contributed by atoms with Crippen LogP contribution in [0.3, 0.4) is 0 Å². The molecule has 4 aromatic rings. The van der Waals surface area contributed by atoms with E-state index in [1.807, 2.05) is 29.2 Å². The number of aryl methyl sites for hydroxylation is 1. The van der Waals surface area contributed by atoms with Crippen LogP contribution in [0.5, 0.6) is 5.75 Å². The molecule has 0 saturated carbocycles. The van der Waals surface area contributed by atoms with Gasteiger partial charge in [0, 0.05) is 51.7 Å². The monoisotopic (exact) mass is 540 g/mol. The van der Waals surface area contributed by atoms with Gasteiger partial charge in [-0.05, 0) is 66.6 Å². The Hall–Kier alpha value is -3.68. The molecule has 1 aliphatic rings. The van der Waals surface area contributed by atoms with E-state index in [-0.39, 0.29) is 17.9 Å². The molecule has 7 heteroatoms. The summed E-state index contributed by atoms with van der Waals surface area (Å²) in [5.41, 5.74) is 12.0. The standard InChI is InChI=1S/C33H40N4O3/c1-39-19-7-18-37-31-12-4-3-11-30(31)35-33(37)27-9-6-17-36(23-27)32(38)22-28(34)20-24-13-15-25(16-14-24)26-8-5-10-29(21-26)40-2/h3-5,8,10-16,21,27-28H,6-7,9,17-20,22-23,34H2,1-2H3/t27-,28-/m1/s1. The van der Waals surface area contributed by atoms with Gasteiger partial charge in [-0.3, -0.25) is 4.79 Å². The molecule has 3 aromatic carbocycles. The number of rotatable bonds is 11. The van der Waals surface area contributed by atoms with Crippen molar-refractivity contribution in [2.45, 2.75) is 50.6 Å². The van der Waals surface area contributed by atoms with Crippen LogP contribution in [-0.2, 0) is 22.5 Å². The van der Waals surface area contributed by atoms with Crippen molar-refractivity contribution in [1.82, 2.24) is 14.5 Å². The highest BCUT2D eigenvalue weighted by Gasteiger charge is 2.29. The molecule has 1 aromatic heterocycles. The van der Waals surface area contributed by atoms with E-state index in [1.54, 1.807) is 14.2 Å². The van der Waals surface area contributed by atoms with Crippen LogP contribution in [0.15, 0.2) is 72.8 Å². The van der Waals surface area contributed by atoms with Gasteiger partial charge in [0.05, 0.1) is 18.1 Å². The zero-order valence-electron chi connectivity index (χ0n) is 23.6. The molecule has 0 spiro atoms. The van der Waals surface area contributed by atoms with E-state index in [4.69, 9.17) is 20.2 Å². The molecule has 0 bridgehead atoms. The fourth-order valence-electron chi connectivity index (χ4n) is 5.79. The molecule has 1 saturated heterocycles. The van der Waals surface area contributed by atoms with Gasteiger partial charge < -0.3 is 24.7 Å². The first-order valence-electron chi connectivity index (χ1n) is 14.3. The van der Waals surface area contributed by atoms with Gasteiger partial charge in [-0.1, -0.05) is 48.5 Å². The van der Waals surface area contributed by atoms with Crippen molar-refractivity contribution >= 4 is 16.9 Å². The molecule has 1 fully saturated rings. The van der Waals surface area contributed by atoms with E-state index < -0.39 is 0 Å². The van der Waals surface area contributed by atoms with E-state index in [9.17, 15) is 4.79 Å². The molecule has 7 nitrogen and oxygen atoms in total. The fourth-order valence-corrected chi connectivity index (χ4v) is 5.79. The number of fused-ring (bicyclic) bond motifs is 1. The van der Waals surface area contributed by atoms with Crippen molar-refractivity contribution < 1.29 is 14.3 Å². The number of aromatic nitrogens is 2. The number of imidazole rings is 1. The number of carbonyl (C=O) groups excluding carboxylic acids is 1. The number of hydrogen-bond donors (Lipinski definition) is 1. The van der Waals surface area contributed by atoms with Gasteiger partial charge in [-0.15, -0.1) is 0 Å². The van der Waals surface area contributed by atoms with Crippen LogP contribution in [0.1, 0.15) is 43.0 Å². The van der Waals surface area contributed by atoms with Crippen molar-refractivity contribution in [2.75, 3.05) is 33.9 Å². The van der Waals surface area contributed by atoms with Crippen LogP contribution in [0, 0.1) is 0 Å². The van der Waals surface area contributed by atoms with Gasteiger partial charge in [-0.25, -0.2) is 4.98 Å². The third kappa shape index (κ3) is 6.54. The zero-order chi connectivity index (χ0) is 27.9. The number of ether oxygens (including phenoxy) is 2. The molecule has 5 rings (SSSR count). The number of nitrogens with zero attached hydrogens (tertiary/aromatic N) is 3. The maximum atomic E-state index is 13.3. The average Bonchev–Trinajstić information content (AvgIpc) is 3.36. The summed E-state index contributed by atoms with van der Waals surface area (Å²) in [6.07, 6.45) is 3.93. The third-order valence-electron chi connectivity index (χ3n) is 7.85. The molecule has 0 unspecified atom stereocenters. The van der Waals surface area contributed by atoms with Crippen molar-refractivity contribution in [3.05, 3.63) is 84.2 Å². The first kappa shape index (κ1) is 27.9. The number of piperidine rings is 1. The summed E-state index contributed by atoms with van der Waals surface area (Å²) in [4.78, 5) is 20.3. The summed E-state index contributed by atoms with van der Waals surface area (Å²) in [6.45, 7) is 3.04. The van der Waals surface area contributed by atoms with Gasteiger partial charge in [-0.2, -0.15) is 0 Å². The summed E-state index contributed by atoms with van der Waals surface area (Å²) in [6, 6.07) is 24.5. The number of nitrogens with two attached hydrogens (primary N) is 1. The highest BCUT2D eigenvalue weighted by Crippen LogP contribution is 2.30. The molecule has 2 N–H and O–H groups in total. The van der Waals surface area contributed by atoms with Crippen LogP contribution in [0.25, 0.3) is 22.2 Å². The third-order valence-corrected chi connectivity index (χ3v) is 7.85. The predicted octanol–water partition coefficient (Wildman–Crippen LogP) is 5.41. The van der Waals surface area contributed by atoms with Crippen LogP contribution in [-0.4, -0.2) is 60.3 Å². The van der Waals surface area contributed by atoms with Crippen LogP contribution < -0.4 is 10.5 Å². The Morgan fingerprint density at radius 3 is 2.67 bits per heavy atom. The van der Waals surface area contributed by atoms with Crippen molar-refractivity contribution in [1.29, 1.82) is 0 Å². The zero-order valence-corrected chi connectivity index (χ0v) is 23.6. The van der Waals surface area contributed by atoms with Crippen LogP contribution >= 0.6 is 0 Å². The van der Waals surface area contributed by atoms with E-state index in [1.165, 1.54) is 0 Å².